The minimum absolute atomic E-state index is 0.0848. The number of nitrogens with one attached hydrogen (secondary N) is 1. The summed E-state index contributed by atoms with van der Waals surface area (Å²) in [5.41, 5.74) is 3.46. The molecule has 0 saturated heterocycles. The van der Waals surface area contributed by atoms with Crippen molar-refractivity contribution in [1.29, 1.82) is 0 Å². The molecule has 0 spiro atoms. The van der Waals surface area contributed by atoms with Gasteiger partial charge in [0, 0.05) is 23.9 Å². The molecule has 2 aromatic rings. The molecule has 0 fully saturated rings. The SMILES string of the molecule is CNC(c1ccc(Br)c(F)c1)C1CCCc2cccnc21. The molecule has 1 aliphatic rings. The standard InChI is InChI=1S/C17H18BrFN2/c1-20-16(12-7-8-14(18)15(19)10-12)13-6-2-4-11-5-3-9-21-17(11)13/h3,5,7-10,13,16,20H,2,4,6H2,1H3. The molecule has 3 rings (SSSR count). The monoisotopic (exact) mass is 348 g/mol. The van der Waals surface area contributed by atoms with E-state index in [0.717, 1.165) is 30.5 Å². The Morgan fingerprint density at radius 2 is 2.24 bits per heavy atom. The van der Waals surface area contributed by atoms with Crippen LogP contribution in [0.15, 0.2) is 41.0 Å². The fraction of sp³-hybridized carbons (Fsp3) is 0.353. The Hall–Kier alpha value is -1.26. The highest BCUT2D eigenvalue weighted by Crippen LogP contribution is 2.39. The molecule has 110 valence electrons. The number of pyridine rings is 1. The van der Waals surface area contributed by atoms with Crippen LogP contribution in [0, 0.1) is 5.82 Å². The quantitative estimate of drug-likeness (QED) is 0.890. The normalized spacial score (nSPS) is 19.1. The first-order chi connectivity index (χ1) is 10.2. The number of rotatable bonds is 3. The minimum atomic E-state index is -0.218. The Morgan fingerprint density at radius 1 is 1.38 bits per heavy atom. The van der Waals surface area contributed by atoms with E-state index < -0.39 is 0 Å². The predicted octanol–water partition coefficient (Wildman–Crippen LogP) is 4.36. The number of aromatic nitrogens is 1. The van der Waals surface area contributed by atoms with Gasteiger partial charge in [0.1, 0.15) is 5.82 Å². The first-order valence-corrected chi connectivity index (χ1v) is 8.06. The maximum absolute atomic E-state index is 13.8. The maximum Gasteiger partial charge on any atom is 0.137 e. The van der Waals surface area contributed by atoms with Crippen LogP contribution >= 0.6 is 15.9 Å². The van der Waals surface area contributed by atoms with Crippen LogP contribution in [0.5, 0.6) is 0 Å². The summed E-state index contributed by atoms with van der Waals surface area (Å²) in [5.74, 6) is 0.0744. The van der Waals surface area contributed by atoms with Crippen LogP contribution < -0.4 is 5.32 Å². The number of benzene rings is 1. The average molecular weight is 349 g/mol. The Morgan fingerprint density at radius 3 is 3.00 bits per heavy atom. The molecule has 1 heterocycles. The van der Waals surface area contributed by atoms with Gasteiger partial charge in [0.2, 0.25) is 0 Å². The molecule has 1 aromatic heterocycles. The van der Waals surface area contributed by atoms with Crippen molar-refractivity contribution in [3.63, 3.8) is 0 Å². The molecule has 2 nitrogen and oxygen atoms in total. The number of nitrogens with zero attached hydrogens (tertiary/aromatic N) is 1. The lowest BCUT2D eigenvalue weighted by Crippen LogP contribution is -2.27. The molecule has 4 heteroatoms. The minimum Gasteiger partial charge on any atom is -0.312 e. The van der Waals surface area contributed by atoms with E-state index in [-0.39, 0.29) is 11.9 Å². The van der Waals surface area contributed by atoms with Gasteiger partial charge in [-0.15, -0.1) is 0 Å². The number of hydrogen-bond acceptors (Lipinski definition) is 2. The van der Waals surface area contributed by atoms with Crippen molar-refractivity contribution < 1.29 is 4.39 Å². The number of aryl methyl sites for hydroxylation is 1. The van der Waals surface area contributed by atoms with Crippen molar-refractivity contribution in [3.05, 3.63) is 63.6 Å². The zero-order valence-corrected chi connectivity index (χ0v) is 13.5. The van der Waals surface area contributed by atoms with E-state index in [1.807, 2.05) is 25.4 Å². The first-order valence-electron chi connectivity index (χ1n) is 7.26. The molecule has 1 aliphatic carbocycles. The molecular formula is C17H18BrFN2. The maximum atomic E-state index is 13.8. The van der Waals surface area contributed by atoms with Crippen molar-refractivity contribution >= 4 is 15.9 Å². The van der Waals surface area contributed by atoms with E-state index in [1.54, 1.807) is 12.1 Å². The van der Waals surface area contributed by atoms with Crippen LogP contribution in [-0.2, 0) is 6.42 Å². The second-order valence-corrected chi connectivity index (χ2v) is 6.34. The fourth-order valence-electron chi connectivity index (χ4n) is 3.28. The zero-order valence-electron chi connectivity index (χ0n) is 11.9. The molecule has 0 bridgehead atoms. The Kier molecular flexibility index (Phi) is 4.36. The predicted molar refractivity (Wildman–Crippen MR) is 85.8 cm³/mol. The molecule has 1 aromatic carbocycles. The van der Waals surface area contributed by atoms with Crippen LogP contribution in [0.3, 0.4) is 0 Å². The molecule has 0 amide bonds. The zero-order chi connectivity index (χ0) is 14.8. The lowest BCUT2D eigenvalue weighted by atomic mass is 9.79. The Bertz CT molecular complexity index is 644. The summed E-state index contributed by atoms with van der Waals surface area (Å²) in [6.07, 6.45) is 5.17. The highest BCUT2D eigenvalue weighted by molar-refractivity contribution is 9.10. The van der Waals surface area contributed by atoms with Gasteiger partial charge in [0.15, 0.2) is 0 Å². The van der Waals surface area contributed by atoms with Gasteiger partial charge in [-0.25, -0.2) is 4.39 Å². The molecule has 2 unspecified atom stereocenters. The lowest BCUT2D eigenvalue weighted by molar-refractivity contribution is 0.414. The van der Waals surface area contributed by atoms with Crippen molar-refractivity contribution in [2.45, 2.75) is 31.2 Å². The van der Waals surface area contributed by atoms with Crippen molar-refractivity contribution in [1.82, 2.24) is 10.3 Å². The molecule has 0 radical (unpaired) electrons. The third-order valence-corrected chi connectivity index (χ3v) is 4.90. The topological polar surface area (TPSA) is 24.9 Å². The molecule has 1 N–H and O–H groups in total. The van der Waals surface area contributed by atoms with Gasteiger partial charge in [-0.05, 0) is 71.6 Å². The summed E-state index contributed by atoms with van der Waals surface area (Å²) >= 11 is 3.21. The second kappa shape index (κ2) is 6.24. The van der Waals surface area contributed by atoms with E-state index in [9.17, 15) is 4.39 Å². The Labute approximate surface area is 132 Å². The highest BCUT2D eigenvalue weighted by Gasteiger charge is 2.29. The van der Waals surface area contributed by atoms with E-state index in [1.165, 1.54) is 5.56 Å². The fourth-order valence-corrected chi connectivity index (χ4v) is 3.52. The molecular weight excluding hydrogens is 331 g/mol. The van der Waals surface area contributed by atoms with Crippen molar-refractivity contribution in [2.75, 3.05) is 7.05 Å². The van der Waals surface area contributed by atoms with Gasteiger partial charge < -0.3 is 5.32 Å². The molecule has 2 atom stereocenters. The van der Waals surface area contributed by atoms with Crippen LogP contribution in [0.25, 0.3) is 0 Å². The number of fused-ring (bicyclic) bond motifs is 1. The van der Waals surface area contributed by atoms with Crippen LogP contribution in [0.4, 0.5) is 4.39 Å². The number of halogens is 2. The molecule has 0 aliphatic heterocycles. The molecule has 0 saturated carbocycles. The lowest BCUT2D eigenvalue weighted by Gasteiger charge is -2.31. The summed E-state index contributed by atoms with van der Waals surface area (Å²) in [5, 5.41) is 3.35. The molecule has 21 heavy (non-hydrogen) atoms. The summed E-state index contributed by atoms with van der Waals surface area (Å²) in [6, 6.07) is 9.60. The average Bonchev–Trinajstić information content (AvgIpc) is 2.52. The van der Waals surface area contributed by atoms with Crippen molar-refractivity contribution in [2.24, 2.45) is 0 Å². The number of likely N-dealkylation sites (N-methyl/N-ethyl adjacent to an activating group) is 1. The van der Waals surface area contributed by atoms with Gasteiger partial charge in [-0.1, -0.05) is 12.1 Å². The van der Waals surface area contributed by atoms with Crippen molar-refractivity contribution in [3.8, 4) is 0 Å². The van der Waals surface area contributed by atoms with Crippen LogP contribution in [-0.4, -0.2) is 12.0 Å². The highest BCUT2D eigenvalue weighted by atomic mass is 79.9. The van der Waals surface area contributed by atoms with Gasteiger partial charge in [0.05, 0.1) is 4.47 Å². The summed E-state index contributed by atoms with van der Waals surface area (Å²) in [4.78, 5) is 4.59. The van der Waals surface area contributed by atoms with Gasteiger partial charge >= 0.3 is 0 Å². The summed E-state index contributed by atoms with van der Waals surface area (Å²) < 4.78 is 14.4. The van der Waals surface area contributed by atoms with Crippen LogP contribution in [0.1, 0.15) is 41.6 Å². The smallest absolute Gasteiger partial charge is 0.137 e. The van der Waals surface area contributed by atoms with Gasteiger partial charge in [-0.3, -0.25) is 4.98 Å². The van der Waals surface area contributed by atoms with E-state index in [4.69, 9.17) is 0 Å². The Balaban J connectivity index is 1.99. The van der Waals surface area contributed by atoms with Crippen LogP contribution in [0.2, 0.25) is 0 Å². The first kappa shape index (κ1) is 14.7. The van der Waals surface area contributed by atoms with E-state index in [2.05, 4.69) is 32.3 Å². The van der Waals surface area contributed by atoms with E-state index in [0.29, 0.717) is 10.4 Å². The van der Waals surface area contributed by atoms with Gasteiger partial charge in [-0.2, -0.15) is 0 Å². The van der Waals surface area contributed by atoms with Gasteiger partial charge in [0.25, 0.3) is 0 Å². The third-order valence-electron chi connectivity index (χ3n) is 4.25. The third kappa shape index (κ3) is 2.87. The number of hydrogen-bond donors (Lipinski definition) is 1. The largest absolute Gasteiger partial charge is 0.312 e. The summed E-state index contributed by atoms with van der Waals surface area (Å²) in [6.45, 7) is 0. The second-order valence-electron chi connectivity index (χ2n) is 5.49. The summed E-state index contributed by atoms with van der Waals surface area (Å²) in [7, 11) is 1.93. The van der Waals surface area contributed by atoms with E-state index >= 15 is 0 Å².